The summed E-state index contributed by atoms with van der Waals surface area (Å²) in [5.41, 5.74) is 2.09. The van der Waals surface area contributed by atoms with E-state index in [1.165, 1.54) is 11.9 Å². The largest absolute Gasteiger partial charge is 0.444 e. The summed E-state index contributed by atoms with van der Waals surface area (Å²) < 4.78 is 7.06. The van der Waals surface area contributed by atoms with E-state index in [9.17, 15) is 9.59 Å². The highest BCUT2D eigenvalue weighted by atomic mass is 16.6. The minimum Gasteiger partial charge on any atom is -0.444 e. The lowest BCUT2D eigenvalue weighted by Crippen LogP contribution is -2.40. The van der Waals surface area contributed by atoms with Crippen molar-refractivity contribution in [2.45, 2.75) is 31.9 Å². The van der Waals surface area contributed by atoms with Crippen molar-refractivity contribution in [3.8, 4) is 0 Å². The van der Waals surface area contributed by atoms with E-state index < -0.39 is 17.2 Å². The molecule has 0 spiro atoms. The Balaban J connectivity index is 1.72. The zero-order valence-corrected chi connectivity index (χ0v) is 23.0. The van der Waals surface area contributed by atoms with Crippen LogP contribution >= 0.6 is 0 Å². The van der Waals surface area contributed by atoms with Crippen LogP contribution in [0.2, 0.25) is 0 Å². The third kappa shape index (κ3) is 6.29. The van der Waals surface area contributed by atoms with Crippen LogP contribution < -0.4 is 10.6 Å². The summed E-state index contributed by atoms with van der Waals surface area (Å²) >= 11 is 0. The van der Waals surface area contributed by atoms with Crippen molar-refractivity contribution in [3.63, 3.8) is 0 Å². The number of benzene rings is 3. The number of carbonyl (C=O) groups excluding carboxylic acids is 2. The van der Waals surface area contributed by atoms with Gasteiger partial charge in [0.25, 0.3) is 0 Å². The summed E-state index contributed by atoms with van der Waals surface area (Å²) in [7, 11) is 3.35. The molecule has 8 heteroatoms. The molecule has 2 amide bonds. The fraction of sp³-hybridized carbons (Fsp3) is 0.258. The van der Waals surface area contributed by atoms with Crippen molar-refractivity contribution >= 4 is 23.5 Å². The van der Waals surface area contributed by atoms with Crippen LogP contribution in [0, 0.1) is 0 Å². The highest BCUT2D eigenvalue weighted by Crippen LogP contribution is 2.41. The summed E-state index contributed by atoms with van der Waals surface area (Å²) in [6.45, 7) is 5.17. The van der Waals surface area contributed by atoms with Crippen molar-refractivity contribution in [2.24, 2.45) is 7.05 Å². The highest BCUT2D eigenvalue weighted by Gasteiger charge is 2.38. The Morgan fingerprint density at radius 3 is 1.74 bits per heavy atom. The molecule has 4 aromatic rings. The molecule has 202 valence electrons. The SMILES string of the molecule is CN(CC(=O)Nc1cnn(C)c1NC(c1ccccc1)(c1ccccc1)c1ccccc1)C(=O)OC(C)(C)C. The fourth-order valence-corrected chi connectivity index (χ4v) is 4.45. The Bertz CT molecular complexity index is 1300. The van der Waals surface area contributed by atoms with Gasteiger partial charge >= 0.3 is 6.09 Å². The number of aryl methyl sites for hydroxylation is 1. The number of nitrogens with one attached hydrogen (secondary N) is 2. The van der Waals surface area contributed by atoms with Gasteiger partial charge in [0.15, 0.2) is 0 Å². The maximum atomic E-state index is 13.0. The molecule has 1 heterocycles. The summed E-state index contributed by atoms with van der Waals surface area (Å²) in [6, 6.07) is 30.5. The third-order valence-electron chi connectivity index (χ3n) is 6.23. The van der Waals surface area contributed by atoms with Crippen molar-refractivity contribution < 1.29 is 14.3 Å². The summed E-state index contributed by atoms with van der Waals surface area (Å²) in [4.78, 5) is 26.6. The molecular formula is C31H35N5O3. The van der Waals surface area contributed by atoms with Crippen molar-refractivity contribution in [2.75, 3.05) is 24.2 Å². The molecule has 3 aromatic carbocycles. The van der Waals surface area contributed by atoms with Gasteiger partial charge in [-0.25, -0.2) is 4.79 Å². The molecule has 0 atom stereocenters. The lowest BCUT2D eigenvalue weighted by Gasteiger charge is -2.38. The van der Waals surface area contributed by atoms with E-state index >= 15 is 0 Å². The average molecular weight is 526 g/mol. The first-order valence-electron chi connectivity index (χ1n) is 12.8. The van der Waals surface area contributed by atoms with E-state index in [1.807, 2.05) is 61.6 Å². The van der Waals surface area contributed by atoms with Crippen LogP contribution in [0.5, 0.6) is 0 Å². The minimum atomic E-state index is -0.801. The standard InChI is InChI=1S/C31H35N5O3/c1-30(2,3)39-29(38)35(4)22-27(37)33-26-21-32-36(5)28(26)34-31(23-15-9-6-10-16-23,24-17-11-7-12-18-24)25-19-13-8-14-20-25/h6-21,34H,22H2,1-5H3,(H,33,37). The predicted molar refractivity (Wildman–Crippen MR) is 154 cm³/mol. The number of anilines is 2. The van der Waals surface area contributed by atoms with Gasteiger partial charge in [0.2, 0.25) is 5.91 Å². The van der Waals surface area contributed by atoms with Crippen LogP contribution in [0.3, 0.4) is 0 Å². The molecule has 0 aliphatic rings. The number of hydrogen-bond donors (Lipinski definition) is 2. The second-order valence-electron chi connectivity index (χ2n) is 10.4. The predicted octanol–water partition coefficient (Wildman–Crippen LogP) is 5.63. The number of aromatic nitrogens is 2. The number of nitrogens with zero attached hydrogens (tertiary/aromatic N) is 3. The van der Waals surface area contributed by atoms with Crippen LogP contribution in [0.4, 0.5) is 16.3 Å². The number of amides is 2. The number of ether oxygens (including phenoxy) is 1. The molecule has 0 saturated heterocycles. The smallest absolute Gasteiger partial charge is 0.410 e. The van der Waals surface area contributed by atoms with E-state index in [1.54, 1.807) is 31.6 Å². The van der Waals surface area contributed by atoms with Crippen LogP contribution in [0.1, 0.15) is 37.5 Å². The summed E-state index contributed by atoms with van der Waals surface area (Å²) in [6.07, 6.45) is 1.03. The van der Waals surface area contributed by atoms with Crippen molar-refractivity contribution in [1.29, 1.82) is 0 Å². The van der Waals surface area contributed by atoms with Crippen LogP contribution in [-0.4, -0.2) is 45.9 Å². The van der Waals surface area contributed by atoms with Gasteiger partial charge in [-0.15, -0.1) is 0 Å². The molecule has 0 unspecified atom stereocenters. The average Bonchev–Trinajstić information content (AvgIpc) is 3.25. The third-order valence-corrected chi connectivity index (χ3v) is 6.23. The first-order chi connectivity index (χ1) is 18.6. The maximum absolute atomic E-state index is 13.0. The topological polar surface area (TPSA) is 88.5 Å². The van der Waals surface area contributed by atoms with E-state index in [0.29, 0.717) is 11.5 Å². The molecule has 0 fully saturated rings. The normalized spacial score (nSPS) is 11.5. The van der Waals surface area contributed by atoms with Gasteiger partial charge in [-0.2, -0.15) is 5.10 Å². The zero-order valence-electron chi connectivity index (χ0n) is 23.0. The lowest BCUT2D eigenvalue weighted by molar-refractivity contribution is -0.117. The van der Waals surface area contributed by atoms with E-state index in [-0.39, 0.29) is 12.5 Å². The van der Waals surface area contributed by atoms with Gasteiger partial charge in [-0.3, -0.25) is 9.48 Å². The molecule has 2 N–H and O–H groups in total. The molecule has 39 heavy (non-hydrogen) atoms. The van der Waals surface area contributed by atoms with Gasteiger partial charge in [-0.1, -0.05) is 91.0 Å². The number of likely N-dealkylation sites (N-methyl/N-ethyl adjacent to an activating group) is 1. The van der Waals surface area contributed by atoms with E-state index in [2.05, 4.69) is 52.1 Å². The van der Waals surface area contributed by atoms with Crippen LogP contribution in [0.25, 0.3) is 0 Å². The molecule has 4 rings (SSSR count). The van der Waals surface area contributed by atoms with Crippen LogP contribution in [0.15, 0.2) is 97.2 Å². The second kappa shape index (κ2) is 11.4. The fourth-order valence-electron chi connectivity index (χ4n) is 4.45. The minimum absolute atomic E-state index is 0.176. The Kier molecular flexibility index (Phi) is 8.04. The Hall–Kier alpha value is -4.59. The summed E-state index contributed by atoms with van der Waals surface area (Å²) in [5, 5.41) is 11.1. The number of hydrogen-bond acceptors (Lipinski definition) is 5. The first-order valence-corrected chi connectivity index (χ1v) is 12.8. The number of carbonyl (C=O) groups is 2. The van der Waals surface area contributed by atoms with E-state index in [4.69, 9.17) is 4.74 Å². The first kappa shape index (κ1) is 27.4. The molecule has 1 aromatic heterocycles. The maximum Gasteiger partial charge on any atom is 0.410 e. The number of rotatable bonds is 8. The molecule has 0 bridgehead atoms. The monoisotopic (exact) mass is 525 g/mol. The van der Waals surface area contributed by atoms with Gasteiger partial charge in [0.1, 0.15) is 29.2 Å². The van der Waals surface area contributed by atoms with Crippen molar-refractivity contribution in [1.82, 2.24) is 14.7 Å². The van der Waals surface area contributed by atoms with Crippen LogP contribution in [-0.2, 0) is 22.1 Å². The van der Waals surface area contributed by atoms with Gasteiger partial charge in [0, 0.05) is 14.1 Å². The Morgan fingerprint density at radius 2 is 1.31 bits per heavy atom. The van der Waals surface area contributed by atoms with Gasteiger partial charge < -0.3 is 20.3 Å². The van der Waals surface area contributed by atoms with E-state index in [0.717, 1.165) is 16.7 Å². The highest BCUT2D eigenvalue weighted by molar-refractivity contribution is 5.96. The Labute approximate surface area is 229 Å². The van der Waals surface area contributed by atoms with Gasteiger partial charge in [-0.05, 0) is 37.5 Å². The second-order valence-corrected chi connectivity index (χ2v) is 10.4. The molecule has 0 aliphatic heterocycles. The molecule has 0 radical (unpaired) electrons. The molecule has 0 aliphatic carbocycles. The summed E-state index contributed by atoms with van der Waals surface area (Å²) in [5.74, 6) is 0.240. The molecule has 0 saturated carbocycles. The van der Waals surface area contributed by atoms with Crippen molar-refractivity contribution in [3.05, 3.63) is 114 Å². The van der Waals surface area contributed by atoms with Gasteiger partial charge in [0.05, 0.1) is 6.20 Å². The molecule has 8 nitrogen and oxygen atoms in total. The quantitative estimate of drug-likeness (QED) is 0.291. The molecular weight excluding hydrogens is 490 g/mol. The zero-order chi connectivity index (χ0) is 28.0. The lowest BCUT2D eigenvalue weighted by atomic mass is 9.77. The Morgan fingerprint density at radius 1 is 0.846 bits per heavy atom.